The Balaban J connectivity index is 3.68. The van der Waals surface area contributed by atoms with Gasteiger partial charge < -0.3 is 18.3 Å². The summed E-state index contributed by atoms with van der Waals surface area (Å²) in [6.45, 7) is 10.7. The molecule has 4 nitrogen and oxygen atoms in total. The van der Waals surface area contributed by atoms with E-state index in [2.05, 4.69) is 6.58 Å². The second-order valence-electron chi connectivity index (χ2n) is 2.88. The summed E-state index contributed by atoms with van der Waals surface area (Å²) in [5, 5.41) is 0. The van der Waals surface area contributed by atoms with Gasteiger partial charge in [-0.25, -0.2) is 0 Å². The zero-order chi connectivity index (χ0) is 12.3. The van der Waals surface area contributed by atoms with Gasteiger partial charge in [0.05, 0.1) is 26.4 Å². The van der Waals surface area contributed by atoms with E-state index in [0.29, 0.717) is 39.6 Å². The van der Waals surface area contributed by atoms with E-state index < -0.39 is 7.87 Å². The lowest BCUT2D eigenvalue weighted by Gasteiger charge is -2.20. The van der Waals surface area contributed by atoms with Gasteiger partial charge in [-0.2, -0.15) is 0 Å². The van der Waals surface area contributed by atoms with Crippen LogP contribution in [-0.2, 0) is 18.3 Å². The summed E-state index contributed by atoms with van der Waals surface area (Å²) < 4.78 is 21.2. The molecule has 0 atom stereocenters. The van der Waals surface area contributed by atoms with E-state index >= 15 is 0 Å². The van der Waals surface area contributed by atoms with Crippen molar-refractivity contribution in [1.82, 2.24) is 0 Å². The molecule has 0 aromatic carbocycles. The first-order chi connectivity index (χ1) is 7.68. The van der Waals surface area contributed by atoms with Gasteiger partial charge in [-0.05, 0) is 19.5 Å². The number of hydrogen-bond donors (Lipinski definition) is 0. The van der Waals surface area contributed by atoms with Crippen molar-refractivity contribution in [1.29, 1.82) is 0 Å². The lowest BCUT2D eigenvalue weighted by atomic mass is 10.8. The Morgan fingerprint density at radius 3 is 1.75 bits per heavy atom. The molecule has 0 rings (SSSR count). The van der Waals surface area contributed by atoms with Gasteiger partial charge in [0.25, 0.3) is 0 Å². The van der Waals surface area contributed by atoms with Crippen LogP contribution >= 0.6 is 11.1 Å². The first kappa shape index (κ1) is 16.1. The van der Waals surface area contributed by atoms with E-state index in [1.807, 2.05) is 13.8 Å². The molecule has 0 bridgehead atoms. The van der Waals surface area contributed by atoms with Gasteiger partial charge in [-0.3, -0.25) is 0 Å². The predicted molar refractivity (Wildman–Crippen MR) is 66.7 cm³/mol. The van der Waals surface area contributed by atoms with Crippen LogP contribution in [0.5, 0.6) is 0 Å². The number of halogens is 1. The van der Waals surface area contributed by atoms with Crippen LogP contribution in [0.4, 0.5) is 0 Å². The van der Waals surface area contributed by atoms with E-state index in [0.717, 1.165) is 0 Å². The van der Waals surface area contributed by atoms with Crippen molar-refractivity contribution in [3.05, 3.63) is 12.3 Å². The van der Waals surface area contributed by atoms with Crippen LogP contribution in [0.2, 0.25) is 0 Å². The molecule has 0 N–H and O–H groups in total. The fourth-order valence-electron chi connectivity index (χ4n) is 0.928. The fraction of sp³-hybridized carbons (Fsp3) is 0.800. The summed E-state index contributed by atoms with van der Waals surface area (Å²) in [7, 11) is -2.75. The average molecular weight is 269 g/mol. The average Bonchev–Trinajstić information content (AvgIpc) is 2.31. The van der Waals surface area contributed by atoms with Gasteiger partial charge >= 0.3 is 7.87 Å². The van der Waals surface area contributed by atoms with Crippen molar-refractivity contribution >= 4 is 18.9 Å². The van der Waals surface area contributed by atoms with E-state index in [9.17, 15) is 0 Å². The zero-order valence-corrected chi connectivity index (χ0v) is 11.8. The minimum atomic E-state index is -2.75. The molecule has 0 saturated heterocycles. The third kappa shape index (κ3) is 8.26. The van der Waals surface area contributed by atoms with Crippen LogP contribution in [-0.4, -0.2) is 47.5 Å². The highest BCUT2D eigenvalue weighted by atomic mass is 35.6. The maximum atomic E-state index is 6.15. The second kappa shape index (κ2) is 10.3. The smallest absolute Gasteiger partial charge is 0.379 e. The molecule has 6 heteroatoms. The Bertz CT molecular complexity index is 168. The highest BCUT2D eigenvalue weighted by molar-refractivity contribution is 7.15. The summed E-state index contributed by atoms with van der Waals surface area (Å²) in [6.07, 6.45) is 0. The Morgan fingerprint density at radius 1 is 1.00 bits per heavy atom. The fourth-order valence-corrected chi connectivity index (χ4v) is 2.43. The summed E-state index contributed by atoms with van der Waals surface area (Å²) in [4.78, 5) is 0. The van der Waals surface area contributed by atoms with Crippen LogP contribution in [0.15, 0.2) is 12.3 Å². The molecule has 16 heavy (non-hydrogen) atoms. The van der Waals surface area contributed by atoms with Gasteiger partial charge in [0, 0.05) is 13.2 Å². The Morgan fingerprint density at radius 2 is 1.44 bits per heavy atom. The minimum absolute atomic E-state index is 0.421. The molecule has 0 heterocycles. The lowest BCUT2D eigenvalue weighted by molar-refractivity contribution is 0.0748. The molecular weight excluding hydrogens is 248 g/mol. The monoisotopic (exact) mass is 268 g/mol. The van der Waals surface area contributed by atoms with Crippen LogP contribution in [0.3, 0.4) is 0 Å². The van der Waals surface area contributed by atoms with Gasteiger partial charge in [0.1, 0.15) is 0 Å². The van der Waals surface area contributed by atoms with E-state index in [1.165, 1.54) is 0 Å². The van der Waals surface area contributed by atoms with Gasteiger partial charge in [-0.15, -0.1) is 6.58 Å². The van der Waals surface area contributed by atoms with E-state index in [-0.39, 0.29) is 0 Å². The van der Waals surface area contributed by atoms with Crippen LogP contribution in [0.1, 0.15) is 13.8 Å². The highest BCUT2D eigenvalue weighted by Gasteiger charge is 2.31. The molecule has 96 valence electrons. The Kier molecular flexibility index (Phi) is 10.3. The van der Waals surface area contributed by atoms with E-state index in [4.69, 9.17) is 29.4 Å². The normalized spacial score (nSPS) is 11.7. The van der Waals surface area contributed by atoms with Crippen molar-refractivity contribution in [2.24, 2.45) is 0 Å². The maximum Gasteiger partial charge on any atom is 0.470 e. The molecule has 0 aliphatic heterocycles. The van der Waals surface area contributed by atoms with Gasteiger partial charge in [0.2, 0.25) is 0 Å². The van der Waals surface area contributed by atoms with Crippen molar-refractivity contribution in [2.45, 2.75) is 13.8 Å². The predicted octanol–water partition coefficient (Wildman–Crippen LogP) is 2.00. The summed E-state index contributed by atoms with van der Waals surface area (Å²) in [5.41, 5.74) is 1.55. The lowest BCUT2D eigenvalue weighted by Crippen LogP contribution is -2.36. The number of ether oxygens (including phenoxy) is 2. The highest BCUT2D eigenvalue weighted by Crippen LogP contribution is 2.13. The molecule has 0 aliphatic carbocycles. The standard InChI is InChI=1S/C10H21ClO4Si/c1-4-12-7-9-14-16(11,6-3)15-10-8-13-5-2/h6H,3-5,7-10H2,1-2H3. The van der Waals surface area contributed by atoms with Gasteiger partial charge in [0.15, 0.2) is 0 Å². The molecule has 0 aliphatic rings. The van der Waals surface area contributed by atoms with Crippen molar-refractivity contribution in [2.75, 3.05) is 39.6 Å². The van der Waals surface area contributed by atoms with Crippen LogP contribution in [0.25, 0.3) is 0 Å². The molecule has 0 saturated carbocycles. The third-order valence-electron chi connectivity index (χ3n) is 1.71. The number of rotatable bonds is 11. The van der Waals surface area contributed by atoms with Crippen molar-refractivity contribution < 1.29 is 18.3 Å². The molecule has 0 fully saturated rings. The first-order valence-corrected chi connectivity index (χ1v) is 8.35. The Hall–Kier alpha value is 0.0869. The molecule has 0 unspecified atom stereocenters. The van der Waals surface area contributed by atoms with Crippen molar-refractivity contribution in [3.63, 3.8) is 0 Å². The molecule has 0 aromatic rings. The summed E-state index contributed by atoms with van der Waals surface area (Å²) in [5.74, 6) is 0. The molecule has 0 amide bonds. The maximum absolute atomic E-state index is 6.15. The zero-order valence-electron chi connectivity index (χ0n) is 10.0. The van der Waals surface area contributed by atoms with Crippen LogP contribution in [0, 0.1) is 0 Å². The second-order valence-corrected chi connectivity index (χ2v) is 6.61. The largest absolute Gasteiger partial charge is 0.470 e. The van der Waals surface area contributed by atoms with Crippen LogP contribution < -0.4 is 0 Å². The topological polar surface area (TPSA) is 36.9 Å². The minimum Gasteiger partial charge on any atom is -0.379 e. The molecule has 0 radical (unpaired) electrons. The quantitative estimate of drug-likeness (QED) is 0.326. The molecule has 0 aromatic heterocycles. The van der Waals surface area contributed by atoms with Gasteiger partial charge in [-0.1, -0.05) is 11.1 Å². The SMILES string of the molecule is C=C[Si](Cl)(OCCOCC)OCCOCC. The summed E-state index contributed by atoms with van der Waals surface area (Å²) >= 11 is 6.15. The molecule has 0 spiro atoms. The molecular formula is C10H21ClO4Si. The Labute approximate surface area is 103 Å². The van der Waals surface area contributed by atoms with E-state index in [1.54, 1.807) is 5.70 Å². The summed E-state index contributed by atoms with van der Waals surface area (Å²) in [6, 6.07) is 0. The third-order valence-corrected chi connectivity index (χ3v) is 4.51. The first-order valence-electron chi connectivity index (χ1n) is 5.44. The van der Waals surface area contributed by atoms with Crippen molar-refractivity contribution in [3.8, 4) is 0 Å². The number of hydrogen-bond acceptors (Lipinski definition) is 4.